The molecule has 1 fully saturated rings. The van der Waals surface area contributed by atoms with E-state index in [-0.39, 0.29) is 11.6 Å². The van der Waals surface area contributed by atoms with Crippen LogP contribution >= 0.6 is 46.3 Å². The molecule has 0 amide bonds. The number of aromatic nitrogens is 2. The van der Waals surface area contributed by atoms with Gasteiger partial charge in [-0.15, -0.1) is 11.3 Å². The number of rotatable bonds is 4. The number of fused-ring (bicyclic) bond motifs is 3. The Kier molecular flexibility index (Phi) is 5.67. The third-order valence-corrected chi connectivity index (χ3v) is 8.98. The summed E-state index contributed by atoms with van der Waals surface area (Å²) in [6.45, 7) is 0. The van der Waals surface area contributed by atoms with Gasteiger partial charge in [-0.05, 0) is 55.4 Å². The lowest BCUT2D eigenvalue weighted by Crippen LogP contribution is -2.29. The van der Waals surface area contributed by atoms with Gasteiger partial charge in [0.05, 0.1) is 15.4 Å². The standard InChI is InChI=1S/C22H22Cl2N2OS2/c23-16-10-9-13(11-17(16)24)12-28-22-25-20-19(15-7-4-8-18(15)29-20)21(27)26(22)14-5-2-1-3-6-14/h9-11,14H,1-8,12H2. The molecular weight excluding hydrogens is 443 g/mol. The van der Waals surface area contributed by atoms with Gasteiger partial charge in [0.15, 0.2) is 5.16 Å². The highest BCUT2D eigenvalue weighted by atomic mass is 35.5. The van der Waals surface area contributed by atoms with Gasteiger partial charge in [0.25, 0.3) is 5.56 Å². The zero-order valence-corrected chi connectivity index (χ0v) is 19.2. The van der Waals surface area contributed by atoms with Crippen LogP contribution < -0.4 is 5.56 Å². The van der Waals surface area contributed by atoms with E-state index in [1.54, 1.807) is 23.1 Å². The van der Waals surface area contributed by atoms with Crippen molar-refractivity contribution < 1.29 is 0 Å². The van der Waals surface area contributed by atoms with E-state index < -0.39 is 0 Å². The van der Waals surface area contributed by atoms with Gasteiger partial charge in [-0.1, -0.05) is 60.3 Å². The van der Waals surface area contributed by atoms with E-state index in [2.05, 4.69) is 0 Å². The number of halogens is 2. The lowest BCUT2D eigenvalue weighted by molar-refractivity contribution is 0.326. The van der Waals surface area contributed by atoms with E-state index in [0.717, 1.165) is 53.0 Å². The minimum Gasteiger partial charge on any atom is -0.284 e. The van der Waals surface area contributed by atoms with E-state index in [1.165, 1.54) is 29.7 Å². The monoisotopic (exact) mass is 464 g/mol. The Hall–Kier alpha value is -1.01. The molecule has 0 radical (unpaired) electrons. The summed E-state index contributed by atoms with van der Waals surface area (Å²) in [6.07, 6.45) is 9.05. The van der Waals surface area contributed by atoms with Crippen molar-refractivity contribution in [1.29, 1.82) is 0 Å². The molecule has 0 unspecified atom stereocenters. The van der Waals surface area contributed by atoms with Gasteiger partial charge in [-0.2, -0.15) is 0 Å². The van der Waals surface area contributed by atoms with Crippen molar-refractivity contribution in [2.45, 2.75) is 68.3 Å². The number of nitrogens with zero attached hydrogens (tertiary/aromatic N) is 2. The highest BCUT2D eigenvalue weighted by molar-refractivity contribution is 7.98. The van der Waals surface area contributed by atoms with Gasteiger partial charge in [-0.25, -0.2) is 4.98 Å². The molecule has 0 spiro atoms. The summed E-state index contributed by atoms with van der Waals surface area (Å²) in [6, 6.07) is 5.98. The lowest BCUT2D eigenvalue weighted by Gasteiger charge is -2.26. The fourth-order valence-electron chi connectivity index (χ4n) is 4.58. The van der Waals surface area contributed by atoms with Crippen LogP contribution in [-0.2, 0) is 18.6 Å². The molecule has 0 N–H and O–H groups in total. The van der Waals surface area contributed by atoms with Crippen molar-refractivity contribution in [2.75, 3.05) is 0 Å². The SMILES string of the molecule is O=c1c2c3c(sc2nc(SCc2ccc(Cl)c(Cl)c2)n1C1CCCCC1)CCC3. The quantitative estimate of drug-likeness (QED) is 0.306. The second kappa shape index (κ2) is 8.26. The van der Waals surface area contributed by atoms with Gasteiger partial charge < -0.3 is 0 Å². The summed E-state index contributed by atoms with van der Waals surface area (Å²) in [5.41, 5.74) is 2.54. The summed E-state index contributed by atoms with van der Waals surface area (Å²) < 4.78 is 2.02. The largest absolute Gasteiger partial charge is 0.284 e. The Balaban J connectivity index is 1.57. The molecule has 1 aromatic carbocycles. The molecule has 7 heteroatoms. The molecule has 0 saturated heterocycles. The Morgan fingerprint density at radius 1 is 1.10 bits per heavy atom. The minimum absolute atomic E-state index is 0.179. The number of thioether (sulfide) groups is 1. The van der Waals surface area contributed by atoms with E-state index in [9.17, 15) is 4.79 Å². The molecule has 0 aliphatic heterocycles. The first-order valence-corrected chi connectivity index (χ1v) is 12.8. The van der Waals surface area contributed by atoms with Crippen LogP contribution in [-0.4, -0.2) is 9.55 Å². The molecular formula is C22H22Cl2N2OS2. The number of hydrogen-bond donors (Lipinski definition) is 0. The second-order valence-electron chi connectivity index (χ2n) is 7.94. The molecule has 5 rings (SSSR count). The Bertz CT molecular complexity index is 1130. The second-order valence-corrected chi connectivity index (χ2v) is 10.8. The third-order valence-electron chi connectivity index (χ3n) is 6.03. The highest BCUT2D eigenvalue weighted by Gasteiger charge is 2.27. The fourth-order valence-corrected chi connectivity index (χ4v) is 7.21. The third kappa shape index (κ3) is 3.76. The van der Waals surface area contributed by atoms with Gasteiger partial charge >= 0.3 is 0 Å². The van der Waals surface area contributed by atoms with Crippen LogP contribution in [0.25, 0.3) is 10.2 Å². The zero-order chi connectivity index (χ0) is 20.0. The van der Waals surface area contributed by atoms with Crippen LogP contribution in [0.5, 0.6) is 0 Å². The average molecular weight is 465 g/mol. The summed E-state index contributed by atoms with van der Waals surface area (Å²) in [5, 5.41) is 2.87. The predicted molar refractivity (Wildman–Crippen MR) is 124 cm³/mol. The molecule has 0 atom stereocenters. The predicted octanol–water partition coefficient (Wildman–Crippen LogP) is 7.05. The summed E-state index contributed by atoms with van der Waals surface area (Å²) in [7, 11) is 0. The first-order chi connectivity index (χ1) is 14.1. The molecule has 2 aliphatic carbocycles. The van der Waals surface area contributed by atoms with Crippen LogP contribution in [0.3, 0.4) is 0 Å². The van der Waals surface area contributed by atoms with Crippen molar-refractivity contribution in [3.05, 3.63) is 54.6 Å². The van der Waals surface area contributed by atoms with E-state index in [0.29, 0.717) is 15.8 Å². The normalized spacial score (nSPS) is 17.2. The number of benzene rings is 1. The van der Waals surface area contributed by atoms with Crippen LogP contribution in [0.1, 0.15) is 60.6 Å². The number of thiophene rings is 1. The van der Waals surface area contributed by atoms with Gasteiger partial charge in [0, 0.05) is 16.7 Å². The van der Waals surface area contributed by atoms with Crippen LogP contribution in [0, 0.1) is 0 Å². The maximum absolute atomic E-state index is 13.7. The summed E-state index contributed by atoms with van der Waals surface area (Å²) >= 11 is 15.6. The lowest BCUT2D eigenvalue weighted by atomic mass is 9.95. The molecule has 2 heterocycles. The van der Waals surface area contributed by atoms with Crippen LogP contribution in [0.15, 0.2) is 28.2 Å². The van der Waals surface area contributed by atoms with E-state index >= 15 is 0 Å². The molecule has 3 nitrogen and oxygen atoms in total. The fraction of sp³-hybridized carbons (Fsp3) is 0.455. The zero-order valence-electron chi connectivity index (χ0n) is 16.0. The molecule has 0 bridgehead atoms. The van der Waals surface area contributed by atoms with Crippen molar-refractivity contribution in [3.8, 4) is 0 Å². The number of aryl methyl sites for hydroxylation is 2. The Morgan fingerprint density at radius 2 is 1.93 bits per heavy atom. The van der Waals surface area contributed by atoms with E-state index in [1.807, 2.05) is 22.8 Å². The molecule has 29 heavy (non-hydrogen) atoms. The highest BCUT2D eigenvalue weighted by Crippen LogP contribution is 2.38. The number of hydrogen-bond acceptors (Lipinski definition) is 4. The molecule has 152 valence electrons. The first kappa shape index (κ1) is 19.9. The van der Waals surface area contributed by atoms with Crippen molar-refractivity contribution in [3.63, 3.8) is 0 Å². The molecule has 2 aromatic heterocycles. The summed E-state index contributed by atoms with van der Waals surface area (Å²) in [5.74, 6) is 0.715. The first-order valence-electron chi connectivity index (χ1n) is 10.3. The van der Waals surface area contributed by atoms with E-state index in [4.69, 9.17) is 28.2 Å². The maximum Gasteiger partial charge on any atom is 0.263 e. The minimum atomic E-state index is 0.179. The van der Waals surface area contributed by atoms with Gasteiger partial charge in [0.2, 0.25) is 0 Å². The van der Waals surface area contributed by atoms with Crippen molar-refractivity contribution in [1.82, 2.24) is 9.55 Å². The topological polar surface area (TPSA) is 34.9 Å². The van der Waals surface area contributed by atoms with Gasteiger partial charge in [-0.3, -0.25) is 9.36 Å². The van der Waals surface area contributed by atoms with Crippen molar-refractivity contribution >= 4 is 56.5 Å². The van der Waals surface area contributed by atoms with Crippen LogP contribution in [0.2, 0.25) is 10.0 Å². The summed E-state index contributed by atoms with van der Waals surface area (Å²) in [4.78, 5) is 21.0. The van der Waals surface area contributed by atoms with Gasteiger partial charge in [0.1, 0.15) is 4.83 Å². The molecule has 2 aliphatic rings. The molecule has 1 saturated carbocycles. The average Bonchev–Trinajstić information content (AvgIpc) is 3.30. The van der Waals surface area contributed by atoms with Crippen molar-refractivity contribution in [2.24, 2.45) is 0 Å². The Morgan fingerprint density at radius 3 is 2.72 bits per heavy atom. The Labute approximate surface area is 188 Å². The van der Waals surface area contributed by atoms with Crippen LogP contribution in [0.4, 0.5) is 0 Å². The smallest absolute Gasteiger partial charge is 0.263 e. The maximum atomic E-state index is 13.7. The molecule has 3 aromatic rings.